The van der Waals surface area contributed by atoms with Crippen LogP contribution in [0, 0.1) is 5.82 Å². The summed E-state index contributed by atoms with van der Waals surface area (Å²) in [7, 11) is 0. The van der Waals surface area contributed by atoms with Crippen molar-refractivity contribution < 1.29 is 18.7 Å². The molecule has 4 nitrogen and oxygen atoms in total. The lowest BCUT2D eigenvalue weighted by Gasteiger charge is -2.20. The van der Waals surface area contributed by atoms with Crippen molar-refractivity contribution in [2.45, 2.75) is 52.2 Å². The highest BCUT2D eigenvalue weighted by Gasteiger charge is 2.34. The van der Waals surface area contributed by atoms with E-state index >= 15 is 0 Å². The van der Waals surface area contributed by atoms with E-state index in [0.717, 1.165) is 24.0 Å². The van der Waals surface area contributed by atoms with E-state index in [1.807, 2.05) is 20.8 Å². The number of hydrogen-bond acceptors (Lipinski definition) is 3. The SMILES string of the molecule is CCOCc1cc(F)c(C(N)=O)c(OC(C)C)c1C1CC1. The quantitative estimate of drug-likeness (QED) is 0.840. The normalized spacial score (nSPS) is 14.5. The second-order valence-corrected chi connectivity index (χ2v) is 5.58. The lowest BCUT2D eigenvalue weighted by Crippen LogP contribution is -2.20. The molecule has 0 unspecified atom stereocenters. The maximum atomic E-state index is 14.3. The minimum Gasteiger partial charge on any atom is -0.490 e. The van der Waals surface area contributed by atoms with Crippen LogP contribution in [0.15, 0.2) is 6.07 Å². The highest BCUT2D eigenvalue weighted by Crippen LogP contribution is 2.48. The van der Waals surface area contributed by atoms with Gasteiger partial charge in [0.05, 0.1) is 12.7 Å². The number of amides is 1. The fourth-order valence-electron chi connectivity index (χ4n) is 2.43. The lowest BCUT2D eigenvalue weighted by atomic mass is 9.97. The topological polar surface area (TPSA) is 61.5 Å². The number of carbonyl (C=O) groups is 1. The summed E-state index contributed by atoms with van der Waals surface area (Å²) in [6.45, 7) is 6.43. The molecule has 0 aliphatic heterocycles. The van der Waals surface area contributed by atoms with Crippen LogP contribution >= 0.6 is 0 Å². The first-order chi connectivity index (χ1) is 9.95. The average Bonchev–Trinajstić information content (AvgIpc) is 3.19. The molecule has 5 heteroatoms. The molecular formula is C16H22FNO3. The molecule has 116 valence electrons. The van der Waals surface area contributed by atoms with E-state index in [9.17, 15) is 9.18 Å². The van der Waals surface area contributed by atoms with Gasteiger partial charge in [0, 0.05) is 12.2 Å². The Balaban J connectivity index is 2.57. The number of ether oxygens (including phenoxy) is 2. The maximum Gasteiger partial charge on any atom is 0.255 e. The van der Waals surface area contributed by atoms with Crippen molar-refractivity contribution in [3.8, 4) is 5.75 Å². The zero-order chi connectivity index (χ0) is 15.6. The molecule has 2 rings (SSSR count). The minimum absolute atomic E-state index is 0.147. The minimum atomic E-state index is -0.798. The van der Waals surface area contributed by atoms with Crippen LogP contribution in [0.3, 0.4) is 0 Å². The third-order valence-electron chi connectivity index (χ3n) is 3.40. The fourth-order valence-corrected chi connectivity index (χ4v) is 2.43. The van der Waals surface area contributed by atoms with Gasteiger partial charge in [-0.1, -0.05) is 0 Å². The Morgan fingerprint density at radius 1 is 1.48 bits per heavy atom. The van der Waals surface area contributed by atoms with Crippen LogP contribution in [0.5, 0.6) is 5.75 Å². The van der Waals surface area contributed by atoms with Gasteiger partial charge in [0.15, 0.2) is 0 Å². The first-order valence-corrected chi connectivity index (χ1v) is 7.35. The number of nitrogens with two attached hydrogens (primary N) is 1. The summed E-state index contributed by atoms with van der Waals surface area (Å²) in [6, 6.07) is 1.36. The monoisotopic (exact) mass is 295 g/mol. The van der Waals surface area contributed by atoms with Crippen molar-refractivity contribution in [2.75, 3.05) is 6.61 Å². The summed E-state index contributed by atoms with van der Waals surface area (Å²) in [5, 5.41) is 0. The van der Waals surface area contributed by atoms with Crippen LogP contribution in [0.2, 0.25) is 0 Å². The molecule has 0 atom stereocenters. The van der Waals surface area contributed by atoms with Crippen LogP contribution in [0.4, 0.5) is 4.39 Å². The second-order valence-electron chi connectivity index (χ2n) is 5.58. The smallest absolute Gasteiger partial charge is 0.255 e. The van der Waals surface area contributed by atoms with Crippen molar-refractivity contribution in [1.29, 1.82) is 0 Å². The zero-order valence-corrected chi connectivity index (χ0v) is 12.7. The molecule has 0 saturated heterocycles. The fraction of sp³-hybridized carbons (Fsp3) is 0.562. The van der Waals surface area contributed by atoms with E-state index in [-0.39, 0.29) is 11.7 Å². The van der Waals surface area contributed by atoms with Crippen LogP contribution in [-0.2, 0) is 11.3 Å². The van der Waals surface area contributed by atoms with E-state index < -0.39 is 11.7 Å². The van der Waals surface area contributed by atoms with E-state index in [4.69, 9.17) is 15.2 Å². The van der Waals surface area contributed by atoms with Crippen LogP contribution in [0.25, 0.3) is 0 Å². The summed E-state index contributed by atoms with van der Waals surface area (Å²) in [5.41, 5.74) is 6.82. The molecule has 1 aliphatic rings. The Morgan fingerprint density at radius 2 is 2.14 bits per heavy atom. The Bertz CT molecular complexity index is 539. The van der Waals surface area contributed by atoms with Gasteiger partial charge < -0.3 is 15.2 Å². The first-order valence-electron chi connectivity index (χ1n) is 7.35. The third-order valence-corrected chi connectivity index (χ3v) is 3.40. The van der Waals surface area contributed by atoms with Crippen molar-refractivity contribution in [2.24, 2.45) is 5.73 Å². The Morgan fingerprint density at radius 3 is 2.62 bits per heavy atom. The summed E-state index contributed by atoms with van der Waals surface area (Å²) < 4.78 is 25.4. The number of hydrogen-bond donors (Lipinski definition) is 1. The largest absolute Gasteiger partial charge is 0.490 e. The van der Waals surface area contributed by atoms with Crippen molar-refractivity contribution >= 4 is 5.91 Å². The molecule has 1 aromatic rings. The van der Waals surface area contributed by atoms with Gasteiger partial charge in [-0.15, -0.1) is 0 Å². The van der Waals surface area contributed by atoms with Crippen molar-refractivity contribution in [1.82, 2.24) is 0 Å². The molecule has 1 fully saturated rings. The van der Waals surface area contributed by atoms with Gasteiger partial charge in [-0.05, 0) is 51.2 Å². The molecule has 0 spiro atoms. The summed E-state index contributed by atoms with van der Waals surface area (Å²) in [6.07, 6.45) is 1.86. The van der Waals surface area contributed by atoms with Crippen molar-refractivity contribution in [3.63, 3.8) is 0 Å². The molecule has 21 heavy (non-hydrogen) atoms. The number of primary amides is 1. The maximum absolute atomic E-state index is 14.3. The van der Waals surface area contributed by atoms with Crippen LogP contribution < -0.4 is 10.5 Å². The molecule has 0 heterocycles. The number of benzene rings is 1. The molecule has 1 saturated carbocycles. The molecular weight excluding hydrogens is 273 g/mol. The number of rotatable bonds is 7. The van der Waals surface area contributed by atoms with Gasteiger partial charge in [0.25, 0.3) is 5.91 Å². The van der Waals surface area contributed by atoms with Gasteiger partial charge in [0.2, 0.25) is 0 Å². The molecule has 2 N–H and O–H groups in total. The second kappa shape index (κ2) is 6.43. The van der Waals surface area contributed by atoms with Gasteiger partial charge in [0.1, 0.15) is 17.1 Å². The number of halogens is 1. The van der Waals surface area contributed by atoms with Crippen molar-refractivity contribution in [3.05, 3.63) is 28.6 Å². The van der Waals surface area contributed by atoms with Gasteiger partial charge in [-0.3, -0.25) is 4.79 Å². The summed E-state index contributed by atoms with van der Waals surface area (Å²) in [5.74, 6) is -0.840. The Hall–Kier alpha value is -1.62. The molecule has 1 aliphatic carbocycles. The van der Waals surface area contributed by atoms with Crippen LogP contribution in [0.1, 0.15) is 61.0 Å². The highest BCUT2D eigenvalue weighted by atomic mass is 19.1. The molecule has 0 bridgehead atoms. The van der Waals surface area contributed by atoms with E-state index in [1.54, 1.807) is 0 Å². The summed E-state index contributed by atoms with van der Waals surface area (Å²) >= 11 is 0. The Labute approximate surface area is 124 Å². The van der Waals surface area contributed by atoms with Gasteiger partial charge in [-0.25, -0.2) is 4.39 Å². The van der Waals surface area contributed by atoms with Gasteiger partial charge in [-0.2, -0.15) is 0 Å². The molecule has 0 radical (unpaired) electrons. The predicted molar refractivity (Wildman–Crippen MR) is 78.0 cm³/mol. The first kappa shape index (κ1) is 15.8. The molecule has 1 aromatic carbocycles. The lowest BCUT2D eigenvalue weighted by molar-refractivity contribution is 0.0988. The number of carbonyl (C=O) groups excluding carboxylic acids is 1. The zero-order valence-electron chi connectivity index (χ0n) is 12.7. The summed E-state index contributed by atoms with van der Waals surface area (Å²) in [4.78, 5) is 11.6. The van der Waals surface area contributed by atoms with E-state index in [0.29, 0.717) is 24.9 Å². The van der Waals surface area contributed by atoms with E-state index in [2.05, 4.69) is 0 Å². The van der Waals surface area contributed by atoms with Crippen LogP contribution in [-0.4, -0.2) is 18.6 Å². The molecule has 1 amide bonds. The predicted octanol–water partition coefficient (Wildman–Crippen LogP) is 3.13. The van der Waals surface area contributed by atoms with Gasteiger partial charge >= 0.3 is 0 Å². The standard InChI is InChI=1S/C16H22FNO3/c1-4-20-8-11-7-12(17)14(16(18)19)15(21-9(2)3)13(11)10-5-6-10/h7,9-10H,4-6,8H2,1-3H3,(H2,18,19). The Kier molecular flexibility index (Phi) is 4.83. The average molecular weight is 295 g/mol. The molecule has 0 aromatic heterocycles. The highest BCUT2D eigenvalue weighted by molar-refractivity contribution is 5.96. The third kappa shape index (κ3) is 3.53. The van der Waals surface area contributed by atoms with E-state index in [1.165, 1.54) is 6.07 Å².